The average molecular weight is 172 g/mol. The van der Waals surface area contributed by atoms with Crippen molar-refractivity contribution in [1.82, 2.24) is 10.2 Å². The largest absolute Gasteiger partial charge is 0.370 e. The molecule has 0 radical (unpaired) electrons. The number of hydrogen-bond donors (Lipinski definition) is 2. The Balaban J connectivity index is 3.68. The first kappa shape index (κ1) is 11.2. The van der Waals surface area contributed by atoms with Crippen molar-refractivity contribution in [3.63, 3.8) is 0 Å². The Labute approximate surface area is 74.8 Å². The predicted molar refractivity (Wildman–Crippen MR) is 53.3 cm³/mol. The second-order valence-corrected chi connectivity index (χ2v) is 3.17. The Morgan fingerprint density at radius 2 is 2.17 bits per heavy atom. The number of guanidine groups is 1. The predicted octanol–water partition coefficient (Wildman–Crippen LogP) is -0.139. The Morgan fingerprint density at radius 1 is 1.58 bits per heavy atom. The summed E-state index contributed by atoms with van der Waals surface area (Å²) in [7, 11) is 4.07. The van der Waals surface area contributed by atoms with Gasteiger partial charge in [-0.05, 0) is 27.9 Å². The van der Waals surface area contributed by atoms with E-state index in [0.717, 1.165) is 13.1 Å². The third-order valence-electron chi connectivity index (χ3n) is 1.36. The molecule has 0 aliphatic rings. The molecule has 0 fully saturated rings. The summed E-state index contributed by atoms with van der Waals surface area (Å²) in [5.41, 5.74) is 5.58. The van der Waals surface area contributed by atoms with E-state index in [4.69, 9.17) is 5.73 Å². The SMILES string of the molecule is CCN=C(N)NC(C)CN(C)C. The van der Waals surface area contributed by atoms with E-state index >= 15 is 0 Å². The number of likely N-dealkylation sites (N-methyl/N-ethyl adjacent to an activating group) is 1. The zero-order chi connectivity index (χ0) is 9.56. The van der Waals surface area contributed by atoms with Crippen molar-refractivity contribution in [2.75, 3.05) is 27.2 Å². The highest BCUT2D eigenvalue weighted by Gasteiger charge is 2.02. The van der Waals surface area contributed by atoms with Crippen LogP contribution in [0.1, 0.15) is 13.8 Å². The molecular weight excluding hydrogens is 152 g/mol. The van der Waals surface area contributed by atoms with E-state index in [1.165, 1.54) is 0 Å². The number of nitrogens with zero attached hydrogens (tertiary/aromatic N) is 2. The van der Waals surface area contributed by atoms with Crippen LogP contribution in [0.15, 0.2) is 4.99 Å². The summed E-state index contributed by atoms with van der Waals surface area (Å²) >= 11 is 0. The van der Waals surface area contributed by atoms with Gasteiger partial charge in [0.05, 0.1) is 0 Å². The van der Waals surface area contributed by atoms with E-state index < -0.39 is 0 Å². The van der Waals surface area contributed by atoms with E-state index in [1.54, 1.807) is 0 Å². The lowest BCUT2D eigenvalue weighted by Crippen LogP contribution is -2.43. The number of nitrogens with one attached hydrogen (secondary N) is 1. The van der Waals surface area contributed by atoms with Crippen molar-refractivity contribution in [3.8, 4) is 0 Å². The second-order valence-electron chi connectivity index (χ2n) is 3.17. The summed E-state index contributed by atoms with van der Waals surface area (Å²) in [5.74, 6) is 0.534. The highest BCUT2D eigenvalue weighted by atomic mass is 15.2. The van der Waals surface area contributed by atoms with Crippen molar-refractivity contribution in [2.24, 2.45) is 10.7 Å². The van der Waals surface area contributed by atoms with Crippen molar-refractivity contribution in [3.05, 3.63) is 0 Å². The van der Waals surface area contributed by atoms with Crippen LogP contribution in [0, 0.1) is 0 Å². The summed E-state index contributed by atoms with van der Waals surface area (Å²) in [5, 5.41) is 3.10. The van der Waals surface area contributed by atoms with Gasteiger partial charge in [0.2, 0.25) is 0 Å². The number of nitrogens with two attached hydrogens (primary N) is 1. The van der Waals surface area contributed by atoms with E-state index in [1.807, 2.05) is 21.0 Å². The van der Waals surface area contributed by atoms with E-state index in [9.17, 15) is 0 Å². The zero-order valence-corrected chi connectivity index (χ0v) is 8.46. The van der Waals surface area contributed by atoms with Gasteiger partial charge in [-0.1, -0.05) is 0 Å². The quantitative estimate of drug-likeness (QED) is 0.458. The summed E-state index contributed by atoms with van der Waals surface area (Å²) in [6.45, 7) is 5.73. The Bertz CT molecular complexity index is 142. The highest BCUT2D eigenvalue weighted by molar-refractivity contribution is 5.78. The molecule has 12 heavy (non-hydrogen) atoms. The first-order chi connectivity index (χ1) is 5.56. The first-order valence-corrected chi connectivity index (χ1v) is 4.27. The standard InChI is InChI=1S/C8H20N4/c1-5-10-8(9)11-7(2)6-12(3)4/h7H,5-6H2,1-4H3,(H3,9,10,11). The fourth-order valence-electron chi connectivity index (χ4n) is 1.06. The topological polar surface area (TPSA) is 53.6 Å². The zero-order valence-electron chi connectivity index (χ0n) is 8.46. The lowest BCUT2D eigenvalue weighted by Gasteiger charge is -2.18. The molecule has 0 spiro atoms. The van der Waals surface area contributed by atoms with E-state index in [0.29, 0.717) is 12.0 Å². The monoisotopic (exact) mass is 172 g/mol. The van der Waals surface area contributed by atoms with Crippen LogP contribution in [-0.2, 0) is 0 Å². The van der Waals surface area contributed by atoms with Crippen LogP contribution in [0.5, 0.6) is 0 Å². The molecule has 0 saturated heterocycles. The van der Waals surface area contributed by atoms with Crippen LogP contribution in [-0.4, -0.2) is 44.1 Å². The summed E-state index contributed by atoms with van der Waals surface area (Å²) in [4.78, 5) is 6.14. The lowest BCUT2D eigenvalue weighted by atomic mass is 10.3. The van der Waals surface area contributed by atoms with Gasteiger partial charge in [-0.3, -0.25) is 4.99 Å². The smallest absolute Gasteiger partial charge is 0.188 e. The van der Waals surface area contributed by atoms with Gasteiger partial charge in [-0.2, -0.15) is 0 Å². The third kappa shape index (κ3) is 5.97. The Kier molecular flexibility index (Phi) is 5.45. The fraction of sp³-hybridized carbons (Fsp3) is 0.875. The van der Waals surface area contributed by atoms with Gasteiger partial charge in [0.15, 0.2) is 5.96 Å². The molecule has 4 heteroatoms. The second kappa shape index (κ2) is 5.83. The molecule has 0 aromatic rings. The molecule has 0 aromatic heterocycles. The summed E-state index contributed by atoms with van der Waals surface area (Å²) in [6, 6.07) is 0.343. The molecule has 0 heterocycles. The lowest BCUT2D eigenvalue weighted by molar-refractivity contribution is 0.369. The molecule has 1 atom stereocenters. The normalized spacial score (nSPS) is 14.9. The van der Waals surface area contributed by atoms with Crippen molar-refractivity contribution < 1.29 is 0 Å². The molecule has 0 amide bonds. The third-order valence-corrected chi connectivity index (χ3v) is 1.36. The molecule has 0 saturated carbocycles. The molecule has 0 aromatic carbocycles. The van der Waals surface area contributed by atoms with E-state index in [-0.39, 0.29) is 0 Å². The molecule has 72 valence electrons. The molecule has 1 unspecified atom stereocenters. The Morgan fingerprint density at radius 3 is 2.58 bits per heavy atom. The van der Waals surface area contributed by atoms with Gasteiger partial charge in [-0.15, -0.1) is 0 Å². The van der Waals surface area contributed by atoms with Crippen LogP contribution in [0.25, 0.3) is 0 Å². The molecular formula is C8H20N4. The van der Waals surface area contributed by atoms with Crippen LogP contribution in [0.3, 0.4) is 0 Å². The van der Waals surface area contributed by atoms with Crippen molar-refractivity contribution >= 4 is 5.96 Å². The maximum Gasteiger partial charge on any atom is 0.188 e. The van der Waals surface area contributed by atoms with Gasteiger partial charge in [0, 0.05) is 19.1 Å². The van der Waals surface area contributed by atoms with Crippen LogP contribution in [0.4, 0.5) is 0 Å². The maximum absolute atomic E-state index is 5.58. The molecule has 0 aliphatic carbocycles. The van der Waals surface area contributed by atoms with Gasteiger partial charge in [0.25, 0.3) is 0 Å². The molecule has 0 rings (SSSR count). The van der Waals surface area contributed by atoms with Gasteiger partial charge in [-0.25, -0.2) is 0 Å². The van der Waals surface area contributed by atoms with Crippen LogP contribution in [0.2, 0.25) is 0 Å². The Hall–Kier alpha value is -0.770. The molecule has 3 N–H and O–H groups in total. The summed E-state index contributed by atoms with van der Waals surface area (Å²) < 4.78 is 0. The van der Waals surface area contributed by atoms with Crippen LogP contribution >= 0.6 is 0 Å². The van der Waals surface area contributed by atoms with Gasteiger partial charge < -0.3 is 16.0 Å². The minimum atomic E-state index is 0.343. The molecule has 0 bridgehead atoms. The molecule has 4 nitrogen and oxygen atoms in total. The van der Waals surface area contributed by atoms with Gasteiger partial charge >= 0.3 is 0 Å². The van der Waals surface area contributed by atoms with Crippen molar-refractivity contribution in [1.29, 1.82) is 0 Å². The van der Waals surface area contributed by atoms with E-state index in [2.05, 4.69) is 22.1 Å². The number of hydrogen-bond acceptors (Lipinski definition) is 2. The average Bonchev–Trinajstić information content (AvgIpc) is 1.84. The molecule has 0 aliphatic heterocycles. The van der Waals surface area contributed by atoms with Crippen LogP contribution < -0.4 is 11.1 Å². The summed E-state index contributed by atoms with van der Waals surface area (Å²) in [6.07, 6.45) is 0. The maximum atomic E-state index is 5.58. The minimum Gasteiger partial charge on any atom is -0.370 e. The van der Waals surface area contributed by atoms with Gasteiger partial charge in [0.1, 0.15) is 0 Å². The van der Waals surface area contributed by atoms with Crippen molar-refractivity contribution in [2.45, 2.75) is 19.9 Å². The fourth-order valence-corrected chi connectivity index (χ4v) is 1.06. The number of rotatable bonds is 4. The first-order valence-electron chi connectivity index (χ1n) is 4.27. The number of aliphatic imine (C=N–C) groups is 1. The highest BCUT2D eigenvalue weighted by Crippen LogP contribution is 1.83. The minimum absolute atomic E-state index is 0.343.